The summed E-state index contributed by atoms with van der Waals surface area (Å²) in [6, 6.07) is 6.97. The highest BCUT2D eigenvalue weighted by molar-refractivity contribution is 7.89. The fourth-order valence-electron chi connectivity index (χ4n) is 2.36. The van der Waals surface area contributed by atoms with Gasteiger partial charge in [-0.05, 0) is 44.0 Å². The fraction of sp³-hybridized carbons (Fsp3) is 0.600. The molecule has 6 heteroatoms. The summed E-state index contributed by atoms with van der Waals surface area (Å²) in [5.41, 5.74) is 0.694. The number of nitrogens with one attached hydrogen (secondary N) is 2. The summed E-state index contributed by atoms with van der Waals surface area (Å²) in [5.74, 6) is 0. The Balaban J connectivity index is 1.98. The van der Waals surface area contributed by atoms with E-state index in [1.165, 1.54) is 0 Å². The van der Waals surface area contributed by atoms with Crippen molar-refractivity contribution in [3.8, 4) is 0 Å². The molecule has 1 aliphatic rings. The van der Waals surface area contributed by atoms with Crippen LogP contribution in [0.3, 0.4) is 0 Å². The maximum absolute atomic E-state index is 12.3. The fourth-order valence-corrected chi connectivity index (χ4v) is 3.52. The molecule has 0 aromatic heterocycles. The Labute approximate surface area is 127 Å². The van der Waals surface area contributed by atoms with Crippen LogP contribution in [-0.4, -0.2) is 33.7 Å². The van der Waals surface area contributed by atoms with Crippen LogP contribution in [0.1, 0.15) is 32.3 Å². The highest BCUT2D eigenvalue weighted by Crippen LogP contribution is 2.24. The summed E-state index contributed by atoms with van der Waals surface area (Å²) in [4.78, 5) is 0.296. The van der Waals surface area contributed by atoms with Crippen molar-refractivity contribution in [2.24, 2.45) is 0 Å². The number of ether oxygens (including phenoxy) is 1. The van der Waals surface area contributed by atoms with Crippen molar-refractivity contribution in [1.29, 1.82) is 0 Å². The van der Waals surface area contributed by atoms with Gasteiger partial charge in [-0.3, -0.25) is 0 Å². The van der Waals surface area contributed by atoms with Crippen molar-refractivity contribution < 1.29 is 13.2 Å². The smallest absolute Gasteiger partial charge is 0.240 e. The van der Waals surface area contributed by atoms with Crippen molar-refractivity contribution in [2.75, 3.05) is 19.7 Å². The van der Waals surface area contributed by atoms with E-state index in [-0.39, 0.29) is 5.60 Å². The second-order valence-electron chi connectivity index (χ2n) is 5.65. The maximum atomic E-state index is 12.3. The Morgan fingerprint density at radius 2 is 2.00 bits per heavy atom. The van der Waals surface area contributed by atoms with E-state index in [4.69, 9.17) is 4.74 Å². The SMILES string of the molecule is CCNCc1ccc(S(=O)(=O)NCC2(C)CCCO2)cc1. The van der Waals surface area contributed by atoms with Gasteiger partial charge in [0.15, 0.2) is 0 Å². The molecule has 0 radical (unpaired) electrons. The zero-order chi connectivity index (χ0) is 15.3. The molecule has 1 aliphatic heterocycles. The zero-order valence-corrected chi connectivity index (χ0v) is 13.5. The molecule has 0 bridgehead atoms. The molecule has 1 aromatic carbocycles. The first-order valence-corrected chi connectivity index (χ1v) is 8.87. The summed E-state index contributed by atoms with van der Waals surface area (Å²) in [7, 11) is -3.47. The van der Waals surface area contributed by atoms with Gasteiger partial charge in [-0.25, -0.2) is 13.1 Å². The van der Waals surface area contributed by atoms with Crippen molar-refractivity contribution in [3.63, 3.8) is 0 Å². The third-order valence-corrected chi connectivity index (χ3v) is 5.17. The van der Waals surface area contributed by atoms with Crippen LogP contribution in [0.4, 0.5) is 0 Å². The van der Waals surface area contributed by atoms with Gasteiger partial charge in [-0.1, -0.05) is 19.1 Å². The molecule has 1 atom stereocenters. The van der Waals surface area contributed by atoms with Crippen LogP contribution in [-0.2, 0) is 21.3 Å². The number of sulfonamides is 1. The first-order valence-electron chi connectivity index (χ1n) is 7.38. The molecule has 1 aromatic rings. The lowest BCUT2D eigenvalue weighted by atomic mass is 10.0. The number of hydrogen-bond donors (Lipinski definition) is 2. The summed E-state index contributed by atoms with van der Waals surface area (Å²) < 4.78 is 32.8. The van der Waals surface area contributed by atoms with Crippen molar-refractivity contribution >= 4 is 10.0 Å². The van der Waals surface area contributed by atoms with E-state index in [0.717, 1.165) is 31.5 Å². The van der Waals surface area contributed by atoms with Crippen LogP contribution in [0.2, 0.25) is 0 Å². The molecule has 1 saturated heterocycles. The van der Waals surface area contributed by atoms with Gasteiger partial charge in [0.1, 0.15) is 0 Å². The Morgan fingerprint density at radius 1 is 1.29 bits per heavy atom. The number of rotatable bonds is 7. The quantitative estimate of drug-likeness (QED) is 0.803. The van der Waals surface area contributed by atoms with E-state index >= 15 is 0 Å². The first-order chi connectivity index (χ1) is 9.95. The van der Waals surface area contributed by atoms with Gasteiger partial charge in [0, 0.05) is 19.7 Å². The predicted octanol–water partition coefficient (Wildman–Crippen LogP) is 1.64. The van der Waals surface area contributed by atoms with E-state index in [1.807, 2.05) is 26.0 Å². The lowest BCUT2D eigenvalue weighted by Gasteiger charge is -2.23. The van der Waals surface area contributed by atoms with E-state index < -0.39 is 10.0 Å². The molecule has 2 N–H and O–H groups in total. The molecule has 2 rings (SSSR count). The molecule has 0 saturated carbocycles. The normalized spacial score (nSPS) is 22.6. The minimum atomic E-state index is -3.47. The first kappa shape index (κ1) is 16.4. The molecular formula is C15H24N2O3S. The molecule has 118 valence electrons. The highest BCUT2D eigenvalue weighted by atomic mass is 32.2. The predicted molar refractivity (Wildman–Crippen MR) is 82.6 cm³/mol. The lowest BCUT2D eigenvalue weighted by Crippen LogP contribution is -2.40. The minimum Gasteiger partial charge on any atom is -0.374 e. The van der Waals surface area contributed by atoms with Crippen LogP contribution in [0.15, 0.2) is 29.2 Å². The maximum Gasteiger partial charge on any atom is 0.240 e. The number of benzene rings is 1. The van der Waals surface area contributed by atoms with Crippen molar-refractivity contribution in [3.05, 3.63) is 29.8 Å². The summed E-state index contributed by atoms with van der Waals surface area (Å²) >= 11 is 0. The van der Waals surface area contributed by atoms with E-state index in [0.29, 0.717) is 18.0 Å². The van der Waals surface area contributed by atoms with Crippen LogP contribution in [0.25, 0.3) is 0 Å². The standard InChI is InChI=1S/C15H24N2O3S/c1-3-16-11-13-5-7-14(8-6-13)21(18,19)17-12-15(2)9-4-10-20-15/h5-8,16-17H,3-4,9-12H2,1-2H3. The average Bonchev–Trinajstić information content (AvgIpc) is 2.91. The monoisotopic (exact) mass is 312 g/mol. The van der Waals surface area contributed by atoms with Gasteiger partial charge in [-0.2, -0.15) is 0 Å². The summed E-state index contributed by atoms with van der Waals surface area (Å²) in [5, 5.41) is 3.21. The van der Waals surface area contributed by atoms with Gasteiger partial charge in [0.05, 0.1) is 10.5 Å². The van der Waals surface area contributed by atoms with Crippen molar-refractivity contribution in [1.82, 2.24) is 10.0 Å². The Morgan fingerprint density at radius 3 is 2.57 bits per heavy atom. The van der Waals surface area contributed by atoms with Crippen LogP contribution < -0.4 is 10.0 Å². The lowest BCUT2D eigenvalue weighted by molar-refractivity contribution is 0.0250. The highest BCUT2D eigenvalue weighted by Gasteiger charge is 2.31. The Hall–Kier alpha value is -0.950. The zero-order valence-electron chi connectivity index (χ0n) is 12.7. The minimum absolute atomic E-state index is 0.296. The second-order valence-corrected chi connectivity index (χ2v) is 7.42. The van der Waals surface area contributed by atoms with E-state index in [2.05, 4.69) is 10.0 Å². The van der Waals surface area contributed by atoms with Crippen LogP contribution in [0.5, 0.6) is 0 Å². The Kier molecular flexibility index (Phi) is 5.37. The van der Waals surface area contributed by atoms with Gasteiger partial charge in [0.25, 0.3) is 0 Å². The molecule has 5 nitrogen and oxygen atoms in total. The van der Waals surface area contributed by atoms with Crippen LogP contribution in [0, 0.1) is 0 Å². The number of hydrogen-bond acceptors (Lipinski definition) is 4. The van der Waals surface area contributed by atoms with Gasteiger partial charge in [0.2, 0.25) is 10.0 Å². The summed E-state index contributed by atoms with van der Waals surface area (Å²) in [6.45, 7) is 6.64. The topological polar surface area (TPSA) is 67.4 Å². The third-order valence-electron chi connectivity index (χ3n) is 3.75. The molecule has 0 spiro atoms. The van der Waals surface area contributed by atoms with Gasteiger partial charge >= 0.3 is 0 Å². The second kappa shape index (κ2) is 6.87. The van der Waals surface area contributed by atoms with Crippen molar-refractivity contribution in [2.45, 2.75) is 43.7 Å². The largest absolute Gasteiger partial charge is 0.374 e. The molecule has 21 heavy (non-hydrogen) atoms. The molecular weight excluding hydrogens is 288 g/mol. The van der Waals surface area contributed by atoms with E-state index in [1.54, 1.807) is 12.1 Å². The molecule has 1 unspecified atom stereocenters. The Bertz CT molecular complexity index is 549. The third kappa shape index (κ3) is 4.51. The molecule has 1 fully saturated rings. The molecule has 0 amide bonds. The molecule has 0 aliphatic carbocycles. The van der Waals surface area contributed by atoms with Gasteiger partial charge < -0.3 is 10.1 Å². The van der Waals surface area contributed by atoms with Gasteiger partial charge in [-0.15, -0.1) is 0 Å². The molecule has 1 heterocycles. The average molecular weight is 312 g/mol. The van der Waals surface area contributed by atoms with Crippen LogP contribution >= 0.6 is 0 Å². The van der Waals surface area contributed by atoms with E-state index in [9.17, 15) is 8.42 Å². The summed E-state index contributed by atoms with van der Waals surface area (Å²) in [6.07, 6.45) is 1.87.